The molecule has 2 heterocycles. The molecule has 0 radical (unpaired) electrons. The maximum absolute atomic E-state index is 12.7. The van der Waals surface area contributed by atoms with Gasteiger partial charge in [-0.25, -0.2) is 8.42 Å². The number of likely N-dealkylation sites (tertiary alicyclic amines) is 1. The van der Waals surface area contributed by atoms with E-state index >= 15 is 0 Å². The van der Waals surface area contributed by atoms with Crippen LogP contribution in [0.5, 0.6) is 0 Å². The molecule has 0 aromatic heterocycles. The fourth-order valence-corrected chi connectivity index (χ4v) is 5.44. The van der Waals surface area contributed by atoms with Crippen molar-refractivity contribution in [1.29, 1.82) is 0 Å². The van der Waals surface area contributed by atoms with Gasteiger partial charge in [0, 0.05) is 32.6 Å². The van der Waals surface area contributed by atoms with Crippen molar-refractivity contribution in [2.75, 3.05) is 25.1 Å². The second-order valence-electron chi connectivity index (χ2n) is 7.17. The minimum Gasteiger partial charge on any atom is -0.341 e. The van der Waals surface area contributed by atoms with Crippen LogP contribution in [0.3, 0.4) is 0 Å². The number of carbonyl (C=O) groups excluding carboxylic acids is 2. The average molecular weight is 364 g/mol. The standard InChI is InChI=1S/C18H24N2O4S/c1-13-4-3-5-14(8-13)10-20-11-15(9-17(20)21)18(22)19(2)16-6-7-25(23,24)12-16/h3-5,8,15-16H,6-7,9-12H2,1-2H3. The Morgan fingerprint density at radius 1 is 1.36 bits per heavy atom. The maximum atomic E-state index is 12.7. The molecule has 2 atom stereocenters. The first-order valence-electron chi connectivity index (χ1n) is 8.55. The predicted molar refractivity (Wildman–Crippen MR) is 94.5 cm³/mol. The van der Waals surface area contributed by atoms with Crippen LogP contribution in [0.2, 0.25) is 0 Å². The van der Waals surface area contributed by atoms with Crippen molar-refractivity contribution in [1.82, 2.24) is 9.80 Å². The van der Waals surface area contributed by atoms with Gasteiger partial charge in [0.1, 0.15) is 0 Å². The van der Waals surface area contributed by atoms with E-state index in [0.29, 0.717) is 19.5 Å². The van der Waals surface area contributed by atoms with E-state index in [2.05, 4.69) is 0 Å². The minimum atomic E-state index is -3.04. The third-order valence-electron chi connectivity index (χ3n) is 5.12. The molecule has 25 heavy (non-hydrogen) atoms. The summed E-state index contributed by atoms with van der Waals surface area (Å²) in [5, 5.41) is 0. The van der Waals surface area contributed by atoms with E-state index in [1.807, 2.05) is 31.2 Å². The van der Waals surface area contributed by atoms with Crippen LogP contribution >= 0.6 is 0 Å². The highest BCUT2D eigenvalue weighted by molar-refractivity contribution is 7.91. The molecule has 2 fully saturated rings. The first-order chi connectivity index (χ1) is 11.7. The molecule has 0 saturated carbocycles. The van der Waals surface area contributed by atoms with Gasteiger partial charge in [-0.05, 0) is 18.9 Å². The zero-order valence-electron chi connectivity index (χ0n) is 14.6. The lowest BCUT2D eigenvalue weighted by atomic mass is 10.1. The van der Waals surface area contributed by atoms with Crippen LogP contribution < -0.4 is 0 Å². The molecule has 1 aromatic carbocycles. The van der Waals surface area contributed by atoms with Crippen molar-refractivity contribution in [3.63, 3.8) is 0 Å². The monoisotopic (exact) mass is 364 g/mol. The molecule has 0 aliphatic carbocycles. The van der Waals surface area contributed by atoms with Gasteiger partial charge in [-0.3, -0.25) is 9.59 Å². The summed E-state index contributed by atoms with van der Waals surface area (Å²) in [6.45, 7) is 2.91. The normalized spacial score (nSPS) is 25.4. The minimum absolute atomic E-state index is 0.0210. The van der Waals surface area contributed by atoms with Gasteiger partial charge >= 0.3 is 0 Å². The largest absolute Gasteiger partial charge is 0.341 e. The van der Waals surface area contributed by atoms with Crippen molar-refractivity contribution in [3.05, 3.63) is 35.4 Å². The van der Waals surface area contributed by atoms with E-state index in [9.17, 15) is 18.0 Å². The SMILES string of the molecule is Cc1cccc(CN2CC(C(=O)N(C)C3CCS(=O)(=O)C3)CC2=O)c1. The molecule has 2 unspecified atom stereocenters. The van der Waals surface area contributed by atoms with Gasteiger partial charge in [-0.1, -0.05) is 29.8 Å². The summed E-state index contributed by atoms with van der Waals surface area (Å²) in [6, 6.07) is 7.72. The first-order valence-corrected chi connectivity index (χ1v) is 10.4. The highest BCUT2D eigenvalue weighted by Crippen LogP contribution is 2.25. The zero-order valence-corrected chi connectivity index (χ0v) is 15.5. The highest BCUT2D eigenvalue weighted by Gasteiger charge is 2.39. The van der Waals surface area contributed by atoms with E-state index in [1.54, 1.807) is 16.8 Å². The summed E-state index contributed by atoms with van der Waals surface area (Å²) in [7, 11) is -1.38. The maximum Gasteiger partial charge on any atom is 0.228 e. The van der Waals surface area contributed by atoms with Gasteiger partial charge in [0.2, 0.25) is 11.8 Å². The Hall–Kier alpha value is -1.89. The fourth-order valence-electron chi connectivity index (χ4n) is 3.67. The van der Waals surface area contributed by atoms with Gasteiger partial charge in [0.25, 0.3) is 0 Å². The Balaban J connectivity index is 1.62. The van der Waals surface area contributed by atoms with Crippen molar-refractivity contribution < 1.29 is 18.0 Å². The zero-order chi connectivity index (χ0) is 18.2. The number of sulfone groups is 1. The van der Waals surface area contributed by atoms with Crippen LogP contribution in [-0.4, -0.2) is 61.2 Å². The number of aryl methyl sites for hydroxylation is 1. The lowest BCUT2D eigenvalue weighted by Crippen LogP contribution is -2.42. The van der Waals surface area contributed by atoms with Crippen LogP contribution in [0.15, 0.2) is 24.3 Å². The number of carbonyl (C=O) groups is 2. The van der Waals surface area contributed by atoms with E-state index in [-0.39, 0.29) is 41.7 Å². The highest BCUT2D eigenvalue weighted by atomic mass is 32.2. The molecule has 1 aromatic rings. The molecule has 136 valence electrons. The van der Waals surface area contributed by atoms with Crippen LogP contribution in [0.25, 0.3) is 0 Å². The predicted octanol–water partition coefficient (Wildman–Crippen LogP) is 0.989. The van der Waals surface area contributed by atoms with E-state index in [4.69, 9.17) is 0 Å². The van der Waals surface area contributed by atoms with Crippen LogP contribution in [0.4, 0.5) is 0 Å². The first kappa shape index (κ1) is 17.9. The molecule has 2 aliphatic heterocycles. The summed E-state index contributed by atoms with van der Waals surface area (Å²) >= 11 is 0. The third-order valence-corrected chi connectivity index (χ3v) is 6.87. The van der Waals surface area contributed by atoms with Gasteiger partial charge < -0.3 is 9.80 Å². The lowest BCUT2D eigenvalue weighted by Gasteiger charge is -2.26. The van der Waals surface area contributed by atoms with E-state index in [0.717, 1.165) is 11.1 Å². The molecule has 7 heteroatoms. The Kier molecular flexibility index (Phi) is 4.86. The Morgan fingerprint density at radius 2 is 2.12 bits per heavy atom. The van der Waals surface area contributed by atoms with E-state index in [1.165, 1.54) is 0 Å². The number of rotatable bonds is 4. The summed E-state index contributed by atoms with van der Waals surface area (Å²) in [4.78, 5) is 28.2. The molecule has 3 rings (SSSR count). The molecule has 0 N–H and O–H groups in total. The molecule has 2 amide bonds. The second kappa shape index (κ2) is 6.78. The number of hydrogen-bond acceptors (Lipinski definition) is 4. The Bertz CT molecular complexity index is 790. The van der Waals surface area contributed by atoms with Crippen LogP contribution in [-0.2, 0) is 26.0 Å². The number of hydrogen-bond donors (Lipinski definition) is 0. The summed E-state index contributed by atoms with van der Waals surface area (Å²) < 4.78 is 23.2. The van der Waals surface area contributed by atoms with Gasteiger partial charge in [-0.2, -0.15) is 0 Å². The molecule has 0 bridgehead atoms. The van der Waals surface area contributed by atoms with E-state index < -0.39 is 9.84 Å². The van der Waals surface area contributed by atoms with Gasteiger partial charge in [0.05, 0.1) is 17.4 Å². The molecule has 2 saturated heterocycles. The van der Waals surface area contributed by atoms with Gasteiger partial charge in [-0.15, -0.1) is 0 Å². The number of benzene rings is 1. The van der Waals surface area contributed by atoms with Crippen LogP contribution in [0.1, 0.15) is 24.0 Å². The molecular formula is C18H24N2O4S. The van der Waals surface area contributed by atoms with Crippen molar-refractivity contribution in [2.45, 2.75) is 32.4 Å². The third kappa shape index (κ3) is 4.03. The molecule has 0 spiro atoms. The topological polar surface area (TPSA) is 74.8 Å². The van der Waals surface area contributed by atoms with Crippen molar-refractivity contribution >= 4 is 21.7 Å². The Morgan fingerprint density at radius 3 is 2.76 bits per heavy atom. The summed E-state index contributed by atoms with van der Waals surface area (Å²) in [5.74, 6) is -0.360. The second-order valence-corrected chi connectivity index (χ2v) is 9.40. The number of nitrogens with zero attached hydrogens (tertiary/aromatic N) is 2. The van der Waals surface area contributed by atoms with Crippen molar-refractivity contribution in [3.8, 4) is 0 Å². The molecular weight excluding hydrogens is 340 g/mol. The Labute approximate surface area is 148 Å². The van der Waals surface area contributed by atoms with Crippen LogP contribution in [0, 0.1) is 12.8 Å². The smallest absolute Gasteiger partial charge is 0.228 e. The summed E-state index contributed by atoms with van der Waals surface area (Å²) in [5.41, 5.74) is 2.19. The quantitative estimate of drug-likeness (QED) is 0.798. The molecule has 2 aliphatic rings. The van der Waals surface area contributed by atoms with Gasteiger partial charge in [0.15, 0.2) is 9.84 Å². The lowest BCUT2D eigenvalue weighted by molar-refractivity contribution is -0.136. The molecule has 6 nitrogen and oxygen atoms in total. The fraction of sp³-hybridized carbons (Fsp3) is 0.556. The number of amides is 2. The van der Waals surface area contributed by atoms with Crippen molar-refractivity contribution in [2.24, 2.45) is 5.92 Å². The summed E-state index contributed by atoms with van der Waals surface area (Å²) in [6.07, 6.45) is 0.687. The average Bonchev–Trinajstić information content (AvgIpc) is 3.09.